The summed E-state index contributed by atoms with van der Waals surface area (Å²) in [4.78, 5) is 8.38. The zero-order chi connectivity index (χ0) is 11.7. The molecule has 0 radical (unpaired) electrons. The van der Waals surface area contributed by atoms with Gasteiger partial charge < -0.3 is 5.73 Å². The largest absolute Gasteiger partial charge is 0.382 e. The van der Waals surface area contributed by atoms with Crippen LogP contribution in [0.2, 0.25) is 0 Å². The summed E-state index contributed by atoms with van der Waals surface area (Å²) in [5.74, 6) is 1.23. The van der Waals surface area contributed by atoms with Crippen molar-refractivity contribution in [1.82, 2.24) is 9.97 Å². The molecule has 0 aliphatic heterocycles. The number of aromatic nitrogens is 2. The van der Waals surface area contributed by atoms with Gasteiger partial charge in [0, 0.05) is 18.0 Å². The average molecular weight is 225 g/mol. The van der Waals surface area contributed by atoms with Crippen LogP contribution in [-0.2, 0) is 0 Å². The van der Waals surface area contributed by atoms with E-state index in [1.807, 2.05) is 6.07 Å². The zero-order valence-corrected chi connectivity index (χ0v) is 9.63. The number of benzene rings is 1. The van der Waals surface area contributed by atoms with E-state index in [1.165, 1.54) is 24.8 Å². The van der Waals surface area contributed by atoms with Crippen LogP contribution in [0.1, 0.15) is 30.7 Å². The summed E-state index contributed by atoms with van der Waals surface area (Å²) in [5, 5.41) is 0. The van der Waals surface area contributed by atoms with Gasteiger partial charge >= 0.3 is 0 Å². The van der Waals surface area contributed by atoms with Gasteiger partial charge in [0.25, 0.3) is 0 Å². The maximum absolute atomic E-state index is 5.85. The first kappa shape index (κ1) is 10.3. The van der Waals surface area contributed by atoms with Crippen molar-refractivity contribution in [2.24, 2.45) is 0 Å². The van der Waals surface area contributed by atoms with E-state index in [0.717, 1.165) is 17.2 Å². The van der Waals surface area contributed by atoms with Crippen molar-refractivity contribution in [3.05, 3.63) is 42.2 Å². The number of hydrogen-bond donors (Lipinski definition) is 1. The van der Waals surface area contributed by atoms with Crippen molar-refractivity contribution < 1.29 is 0 Å². The highest BCUT2D eigenvalue weighted by Gasteiger charge is 2.19. The Hall–Kier alpha value is -1.90. The molecule has 1 heterocycles. The molecule has 3 nitrogen and oxygen atoms in total. The van der Waals surface area contributed by atoms with E-state index in [0.29, 0.717) is 5.82 Å². The summed E-state index contributed by atoms with van der Waals surface area (Å²) >= 11 is 0. The molecule has 1 aromatic carbocycles. The lowest BCUT2D eigenvalue weighted by atomic mass is 9.79. The van der Waals surface area contributed by atoms with Gasteiger partial charge in [-0.1, -0.05) is 24.6 Å². The molecule has 1 aliphatic carbocycles. The Morgan fingerprint density at radius 3 is 2.65 bits per heavy atom. The molecule has 3 rings (SSSR count). The third-order valence-electron chi connectivity index (χ3n) is 3.46. The summed E-state index contributed by atoms with van der Waals surface area (Å²) in [7, 11) is 0. The van der Waals surface area contributed by atoms with E-state index >= 15 is 0 Å². The van der Waals surface area contributed by atoms with Crippen LogP contribution in [0.15, 0.2) is 36.7 Å². The topological polar surface area (TPSA) is 51.8 Å². The fourth-order valence-corrected chi connectivity index (χ4v) is 2.25. The summed E-state index contributed by atoms with van der Waals surface area (Å²) in [5.41, 5.74) is 9.11. The normalized spacial score (nSPS) is 15.5. The van der Waals surface area contributed by atoms with Gasteiger partial charge in [-0.25, -0.2) is 4.98 Å². The molecule has 1 aliphatic rings. The van der Waals surface area contributed by atoms with Gasteiger partial charge in [0.15, 0.2) is 0 Å². The van der Waals surface area contributed by atoms with E-state index in [4.69, 9.17) is 5.73 Å². The summed E-state index contributed by atoms with van der Waals surface area (Å²) < 4.78 is 0. The van der Waals surface area contributed by atoms with Crippen molar-refractivity contribution in [3.63, 3.8) is 0 Å². The Labute approximate surface area is 101 Å². The van der Waals surface area contributed by atoms with Gasteiger partial charge in [-0.2, -0.15) is 0 Å². The van der Waals surface area contributed by atoms with E-state index in [9.17, 15) is 0 Å². The van der Waals surface area contributed by atoms with Crippen LogP contribution in [0, 0.1) is 0 Å². The van der Waals surface area contributed by atoms with Crippen LogP contribution in [0.25, 0.3) is 11.3 Å². The SMILES string of the molecule is Nc1nccnc1-c1cccc(C2CCC2)c1. The second kappa shape index (κ2) is 4.17. The van der Waals surface area contributed by atoms with E-state index < -0.39 is 0 Å². The molecule has 0 atom stereocenters. The number of nitrogen functional groups attached to an aromatic ring is 1. The van der Waals surface area contributed by atoms with Crippen LogP contribution in [0.4, 0.5) is 5.82 Å². The lowest BCUT2D eigenvalue weighted by molar-refractivity contribution is 0.420. The van der Waals surface area contributed by atoms with Crippen LogP contribution in [0.5, 0.6) is 0 Å². The molecule has 17 heavy (non-hydrogen) atoms. The molecule has 3 heteroatoms. The van der Waals surface area contributed by atoms with E-state index in [2.05, 4.69) is 28.2 Å². The molecule has 2 N–H and O–H groups in total. The van der Waals surface area contributed by atoms with Crippen molar-refractivity contribution in [1.29, 1.82) is 0 Å². The molecular weight excluding hydrogens is 210 g/mol. The third kappa shape index (κ3) is 1.88. The highest BCUT2D eigenvalue weighted by Crippen LogP contribution is 2.37. The minimum atomic E-state index is 0.498. The maximum atomic E-state index is 5.85. The van der Waals surface area contributed by atoms with Crippen molar-refractivity contribution in [2.45, 2.75) is 25.2 Å². The minimum absolute atomic E-state index is 0.498. The van der Waals surface area contributed by atoms with E-state index in [-0.39, 0.29) is 0 Å². The highest BCUT2D eigenvalue weighted by atomic mass is 14.9. The number of rotatable bonds is 2. The Kier molecular flexibility index (Phi) is 2.52. The fraction of sp³-hybridized carbons (Fsp3) is 0.286. The Morgan fingerprint density at radius 1 is 1.12 bits per heavy atom. The Morgan fingerprint density at radius 2 is 1.94 bits per heavy atom. The second-order valence-corrected chi connectivity index (χ2v) is 4.54. The lowest BCUT2D eigenvalue weighted by Gasteiger charge is -2.26. The smallest absolute Gasteiger partial charge is 0.149 e. The highest BCUT2D eigenvalue weighted by molar-refractivity contribution is 5.69. The average Bonchev–Trinajstić information content (AvgIpc) is 2.28. The predicted molar refractivity (Wildman–Crippen MR) is 68.5 cm³/mol. The monoisotopic (exact) mass is 225 g/mol. The molecule has 0 bridgehead atoms. The van der Waals surface area contributed by atoms with Gasteiger partial charge in [0.1, 0.15) is 11.5 Å². The van der Waals surface area contributed by atoms with Gasteiger partial charge in [-0.05, 0) is 30.4 Å². The summed E-state index contributed by atoms with van der Waals surface area (Å²) in [6, 6.07) is 8.52. The second-order valence-electron chi connectivity index (χ2n) is 4.54. The fourth-order valence-electron chi connectivity index (χ4n) is 2.25. The molecule has 0 amide bonds. The van der Waals surface area contributed by atoms with Crippen LogP contribution in [-0.4, -0.2) is 9.97 Å². The first-order valence-corrected chi connectivity index (χ1v) is 6.01. The molecule has 0 unspecified atom stereocenters. The Bertz CT molecular complexity index is 532. The lowest BCUT2D eigenvalue weighted by Crippen LogP contribution is -2.08. The number of hydrogen-bond acceptors (Lipinski definition) is 3. The van der Waals surface area contributed by atoms with Crippen LogP contribution in [0.3, 0.4) is 0 Å². The van der Waals surface area contributed by atoms with Crippen molar-refractivity contribution >= 4 is 5.82 Å². The molecular formula is C14H15N3. The summed E-state index contributed by atoms with van der Waals surface area (Å²) in [6.45, 7) is 0. The van der Waals surface area contributed by atoms with Gasteiger partial charge in [0.2, 0.25) is 0 Å². The predicted octanol–water partition coefficient (Wildman–Crippen LogP) is 2.99. The molecule has 0 spiro atoms. The Balaban J connectivity index is 2.00. The molecule has 86 valence electrons. The van der Waals surface area contributed by atoms with E-state index in [1.54, 1.807) is 12.4 Å². The standard InChI is InChI=1S/C14H15N3/c15-14-13(16-7-8-17-14)12-6-2-5-11(9-12)10-3-1-4-10/h2,5-10H,1,3-4H2,(H2,15,17). The van der Waals surface area contributed by atoms with Crippen LogP contribution >= 0.6 is 0 Å². The molecule has 1 saturated carbocycles. The minimum Gasteiger partial charge on any atom is -0.382 e. The molecule has 2 aromatic rings. The quantitative estimate of drug-likeness (QED) is 0.854. The number of nitrogens with two attached hydrogens (primary N) is 1. The molecule has 1 fully saturated rings. The van der Waals surface area contributed by atoms with Gasteiger partial charge in [-0.15, -0.1) is 0 Å². The van der Waals surface area contributed by atoms with Crippen LogP contribution < -0.4 is 5.73 Å². The van der Waals surface area contributed by atoms with Gasteiger partial charge in [-0.3, -0.25) is 4.98 Å². The molecule has 1 aromatic heterocycles. The molecule has 0 saturated heterocycles. The zero-order valence-electron chi connectivity index (χ0n) is 9.63. The maximum Gasteiger partial charge on any atom is 0.149 e. The van der Waals surface area contributed by atoms with Crippen molar-refractivity contribution in [2.75, 3.05) is 5.73 Å². The summed E-state index contributed by atoms with van der Waals surface area (Å²) in [6.07, 6.45) is 7.26. The first-order chi connectivity index (χ1) is 8.34. The van der Waals surface area contributed by atoms with Crippen molar-refractivity contribution in [3.8, 4) is 11.3 Å². The third-order valence-corrected chi connectivity index (χ3v) is 3.46. The van der Waals surface area contributed by atoms with Gasteiger partial charge in [0.05, 0.1) is 0 Å². The number of anilines is 1. The first-order valence-electron chi connectivity index (χ1n) is 6.01. The number of nitrogens with zero attached hydrogens (tertiary/aromatic N) is 2.